The van der Waals surface area contributed by atoms with Gasteiger partial charge in [-0.2, -0.15) is 0 Å². The van der Waals surface area contributed by atoms with Crippen molar-refractivity contribution in [2.75, 3.05) is 13.6 Å². The van der Waals surface area contributed by atoms with Crippen LogP contribution in [0.3, 0.4) is 0 Å². The van der Waals surface area contributed by atoms with Gasteiger partial charge in [-0.1, -0.05) is 6.08 Å². The van der Waals surface area contributed by atoms with E-state index in [1.54, 1.807) is 6.08 Å². The Morgan fingerprint density at radius 1 is 1.64 bits per heavy atom. The molecule has 0 spiro atoms. The van der Waals surface area contributed by atoms with E-state index >= 15 is 0 Å². The predicted molar refractivity (Wildman–Crippen MR) is 58.1 cm³/mol. The first kappa shape index (κ1) is 11.2. The Morgan fingerprint density at radius 2 is 2.29 bits per heavy atom. The van der Waals surface area contributed by atoms with Crippen molar-refractivity contribution in [2.45, 2.75) is 38.3 Å². The van der Waals surface area contributed by atoms with Crippen molar-refractivity contribution in [2.24, 2.45) is 0 Å². The van der Waals surface area contributed by atoms with Crippen molar-refractivity contribution in [3.63, 3.8) is 0 Å². The first-order chi connectivity index (χ1) is 6.46. The standard InChI is InChI=1S/C11H20N2O/c1-5-11(2,3)12-10(14)9-7-6-8-13(9)4/h5,9H,1,6-8H2,2-4H3,(H,12,14)/t9-/m0/s1. The maximum atomic E-state index is 11.8. The topological polar surface area (TPSA) is 32.3 Å². The highest BCUT2D eigenvalue weighted by Gasteiger charge is 2.30. The summed E-state index contributed by atoms with van der Waals surface area (Å²) in [5.74, 6) is 0.120. The van der Waals surface area contributed by atoms with E-state index in [4.69, 9.17) is 0 Å². The van der Waals surface area contributed by atoms with Crippen LogP contribution in [0, 0.1) is 0 Å². The number of carbonyl (C=O) groups is 1. The largest absolute Gasteiger partial charge is 0.346 e. The van der Waals surface area contributed by atoms with E-state index in [-0.39, 0.29) is 17.5 Å². The lowest BCUT2D eigenvalue weighted by Gasteiger charge is -2.26. The third-order valence-electron chi connectivity index (χ3n) is 2.78. The second-order valence-electron chi connectivity index (χ2n) is 4.55. The molecule has 3 nitrogen and oxygen atoms in total. The normalized spacial score (nSPS) is 23.5. The van der Waals surface area contributed by atoms with Crippen LogP contribution in [-0.2, 0) is 4.79 Å². The molecule has 1 rings (SSSR count). The van der Waals surface area contributed by atoms with E-state index < -0.39 is 0 Å². The molecule has 1 aliphatic heterocycles. The second kappa shape index (κ2) is 4.13. The molecule has 3 heteroatoms. The number of amides is 1. The van der Waals surface area contributed by atoms with Crippen LogP contribution in [0.25, 0.3) is 0 Å². The quantitative estimate of drug-likeness (QED) is 0.687. The average Bonchev–Trinajstić information content (AvgIpc) is 2.51. The molecule has 0 saturated carbocycles. The third kappa shape index (κ3) is 2.58. The minimum atomic E-state index is -0.305. The van der Waals surface area contributed by atoms with Crippen LogP contribution in [0.4, 0.5) is 0 Å². The zero-order valence-corrected chi connectivity index (χ0v) is 9.34. The summed E-state index contributed by atoms with van der Waals surface area (Å²) in [6.07, 6.45) is 3.85. The van der Waals surface area contributed by atoms with Gasteiger partial charge in [0.2, 0.25) is 5.91 Å². The van der Waals surface area contributed by atoms with Crippen LogP contribution in [0.2, 0.25) is 0 Å². The number of carbonyl (C=O) groups excluding carboxylic acids is 1. The Kier molecular flexibility index (Phi) is 3.32. The van der Waals surface area contributed by atoms with Gasteiger partial charge >= 0.3 is 0 Å². The minimum absolute atomic E-state index is 0.0502. The van der Waals surface area contributed by atoms with E-state index in [1.807, 2.05) is 20.9 Å². The van der Waals surface area contributed by atoms with Crippen molar-refractivity contribution in [1.82, 2.24) is 10.2 Å². The molecule has 0 aliphatic carbocycles. The Labute approximate surface area is 86.2 Å². The van der Waals surface area contributed by atoms with Crippen molar-refractivity contribution < 1.29 is 4.79 Å². The number of rotatable bonds is 3. The fourth-order valence-corrected chi connectivity index (χ4v) is 1.69. The van der Waals surface area contributed by atoms with Crippen LogP contribution in [-0.4, -0.2) is 36.0 Å². The Morgan fingerprint density at radius 3 is 2.71 bits per heavy atom. The van der Waals surface area contributed by atoms with Gasteiger partial charge in [0.15, 0.2) is 0 Å². The molecule has 1 fully saturated rings. The zero-order valence-electron chi connectivity index (χ0n) is 9.34. The lowest BCUT2D eigenvalue weighted by atomic mass is 10.0. The fraction of sp³-hybridized carbons (Fsp3) is 0.727. The lowest BCUT2D eigenvalue weighted by molar-refractivity contribution is -0.126. The molecule has 1 amide bonds. The van der Waals surface area contributed by atoms with E-state index in [1.165, 1.54) is 0 Å². The van der Waals surface area contributed by atoms with Crippen molar-refractivity contribution >= 4 is 5.91 Å². The van der Waals surface area contributed by atoms with Crippen molar-refractivity contribution in [3.05, 3.63) is 12.7 Å². The van der Waals surface area contributed by atoms with Crippen LogP contribution in [0.1, 0.15) is 26.7 Å². The van der Waals surface area contributed by atoms with E-state index in [0.29, 0.717) is 0 Å². The van der Waals surface area contributed by atoms with Gasteiger partial charge in [0.25, 0.3) is 0 Å². The van der Waals surface area contributed by atoms with Gasteiger partial charge in [0.1, 0.15) is 0 Å². The van der Waals surface area contributed by atoms with Gasteiger partial charge in [-0.3, -0.25) is 9.69 Å². The first-order valence-corrected chi connectivity index (χ1v) is 5.12. The third-order valence-corrected chi connectivity index (χ3v) is 2.78. The highest BCUT2D eigenvalue weighted by atomic mass is 16.2. The zero-order chi connectivity index (χ0) is 10.8. The summed E-state index contributed by atoms with van der Waals surface area (Å²) in [5.41, 5.74) is -0.305. The molecule has 1 heterocycles. The van der Waals surface area contributed by atoms with Crippen LogP contribution in [0.15, 0.2) is 12.7 Å². The molecule has 0 aromatic heterocycles. The second-order valence-corrected chi connectivity index (χ2v) is 4.55. The highest BCUT2D eigenvalue weighted by Crippen LogP contribution is 2.16. The monoisotopic (exact) mass is 196 g/mol. The molecule has 14 heavy (non-hydrogen) atoms. The molecule has 80 valence electrons. The van der Waals surface area contributed by atoms with Crippen LogP contribution >= 0.6 is 0 Å². The fourth-order valence-electron chi connectivity index (χ4n) is 1.69. The summed E-state index contributed by atoms with van der Waals surface area (Å²) in [5, 5.41) is 2.98. The summed E-state index contributed by atoms with van der Waals surface area (Å²) < 4.78 is 0. The molecule has 0 bridgehead atoms. The van der Waals surface area contributed by atoms with Gasteiger partial charge in [-0.05, 0) is 40.3 Å². The molecule has 0 aromatic rings. The molecule has 1 aliphatic rings. The summed E-state index contributed by atoms with van der Waals surface area (Å²) >= 11 is 0. The van der Waals surface area contributed by atoms with Crippen LogP contribution < -0.4 is 5.32 Å². The Hall–Kier alpha value is -0.830. The van der Waals surface area contributed by atoms with E-state index in [9.17, 15) is 4.79 Å². The molecule has 1 atom stereocenters. The molecule has 1 N–H and O–H groups in total. The van der Waals surface area contributed by atoms with Gasteiger partial charge in [0, 0.05) is 0 Å². The Balaban J connectivity index is 2.53. The number of nitrogens with one attached hydrogen (secondary N) is 1. The summed E-state index contributed by atoms with van der Waals surface area (Å²) in [4.78, 5) is 13.9. The summed E-state index contributed by atoms with van der Waals surface area (Å²) in [6, 6.07) is 0.0502. The average molecular weight is 196 g/mol. The molecule has 0 unspecified atom stereocenters. The molecule has 1 saturated heterocycles. The Bertz CT molecular complexity index is 235. The highest BCUT2D eigenvalue weighted by molar-refractivity contribution is 5.82. The number of nitrogens with zero attached hydrogens (tertiary/aromatic N) is 1. The molecule has 0 radical (unpaired) electrons. The van der Waals surface area contributed by atoms with Gasteiger partial charge in [-0.15, -0.1) is 6.58 Å². The van der Waals surface area contributed by atoms with Gasteiger partial charge < -0.3 is 5.32 Å². The molecular formula is C11H20N2O. The van der Waals surface area contributed by atoms with Crippen LogP contribution in [0.5, 0.6) is 0 Å². The predicted octanol–water partition coefficient (Wildman–Crippen LogP) is 1.16. The maximum Gasteiger partial charge on any atom is 0.238 e. The smallest absolute Gasteiger partial charge is 0.238 e. The minimum Gasteiger partial charge on any atom is -0.346 e. The summed E-state index contributed by atoms with van der Waals surface area (Å²) in [6.45, 7) is 8.63. The van der Waals surface area contributed by atoms with Crippen molar-refractivity contribution in [1.29, 1.82) is 0 Å². The number of hydrogen-bond donors (Lipinski definition) is 1. The number of likely N-dealkylation sites (N-methyl/N-ethyl adjacent to an activating group) is 1. The van der Waals surface area contributed by atoms with Gasteiger partial charge in [-0.25, -0.2) is 0 Å². The number of hydrogen-bond acceptors (Lipinski definition) is 2. The van der Waals surface area contributed by atoms with Crippen molar-refractivity contribution in [3.8, 4) is 0 Å². The van der Waals surface area contributed by atoms with E-state index in [2.05, 4.69) is 16.8 Å². The summed E-state index contributed by atoms with van der Waals surface area (Å²) in [7, 11) is 2.00. The lowest BCUT2D eigenvalue weighted by Crippen LogP contribution is -2.49. The molecular weight excluding hydrogens is 176 g/mol. The SMILES string of the molecule is C=CC(C)(C)NC(=O)[C@@H]1CCCN1C. The molecule has 0 aromatic carbocycles. The van der Waals surface area contributed by atoms with Gasteiger partial charge in [0.05, 0.1) is 11.6 Å². The number of likely N-dealkylation sites (tertiary alicyclic amines) is 1. The first-order valence-electron chi connectivity index (χ1n) is 5.12. The van der Waals surface area contributed by atoms with E-state index in [0.717, 1.165) is 19.4 Å². The maximum absolute atomic E-state index is 11.8.